The summed E-state index contributed by atoms with van der Waals surface area (Å²) in [6.45, 7) is 4.08. The van der Waals surface area contributed by atoms with Crippen LogP contribution in [-0.2, 0) is 19.1 Å². The zero-order chi connectivity index (χ0) is 24.2. The van der Waals surface area contributed by atoms with E-state index in [1.165, 1.54) is 4.90 Å². The van der Waals surface area contributed by atoms with Crippen LogP contribution in [0.4, 0.5) is 4.79 Å². The second-order valence-electron chi connectivity index (χ2n) is 8.70. The van der Waals surface area contributed by atoms with E-state index < -0.39 is 36.2 Å². The molecular weight excluding hydrogens is 436 g/mol. The highest BCUT2D eigenvalue weighted by molar-refractivity contribution is 5.89. The summed E-state index contributed by atoms with van der Waals surface area (Å²) in [4.78, 5) is 39.0. The van der Waals surface area contributed by atoms with E-state index >= 15 is 0 Å². The second kappa shape index (κ2) is 10.3. The average Bonchev–Trinajstić information content (AvgIpc) is 3.15. The van der Waals surface area contributed by atoms with E-state index in [1.807, 2.05) is 43.3 Å². The lowest BCUT2D eigenvalue weighted by Crippen LogP contribution is -2.60. The number of carbonyl (C=O) groups is 3. The van der Waals surface area contributed by atoms with Gasteiger partial charge >= 0.3 is 12.1 Å². The molecule has 1 heterocycles. The topological polar surface area (TPSA) is 105 Å². The second-order valence-corrected chi connectivity index (χ2v) is 8.70. The molecule has 2 N–H and O–H groups in total. The maximum absolute atomic E-state index is 13.2. The van der Waals surface area contributed by atoms with Crippen LogP contribution >= 0.6 is 0 Å². The van der Waals surface area contributed by atoms with Crippen LogP contribution in [0.5, 0.6) is 0 Å². The number of carboxylic acids is 1. The molecule has 3 unspecified atom stereocenters. The van der Waals surface area contributed by atoms with Crippen molar-refractivity contribution in [3.05, 3.63) is 59.7 Å². The predicted molar refractivity (Wildman–Crippen MR) is 125 cm³/mol. The van der Waals surface area contributed by atoms with Gasteiger partial charge in [0.1, 0.15) is 12.6 Å². The first-order valence-corrected chi connectivity index (χ1v) is 11.7. The minimum Gasteiger partial charge on any atom is -0.480 e. The Morgan fingerprint density at radius 3 is 2.32 bits per heavy atom. The molecule has 2 aromatic rings. The Balaban J connectivity index is 1.44. The summed E-state index contributed by atoms with van der Waals surface area (Å²) < 4.78 is 11.0. The van der Waals surface area contributed by atoms with Crippen LogP contribution in [-0.4, -0.2) is 65.9 Å². The largest absolute Gasteiger partial charge is 0.480 e. The number of morpholine rings is 1. The molecule has 0 aromatic heterocycles. The molecular formula is C26H30N2O6. The molecule has 0 bridgehead atoms. The van der Waals surface area contributed by atoms with Crippen molar-refractivity contribution in [1.29, 1.82) is 0 Å². The molecule has 2 aromatic carbocycles. The monoisotopic (exact) mass is 466 g/mol. The van der Waals surface area contributed by atoms with Crippen molar-refractivity contribution in [2.45, 2.75) is 50.8 Å². The Labute approximate surface area is 198 Å². The molecule has 4 rings (SSSR count). The maximum Gasteiger partial charge on any atom is 0.407 e. The van der Waals surface area contributed by atoms with Crippen molar-refractivity contribution in [2.75, 3.05) is 19.8 Å². The first-order valence-electron chi connectivity index (χ1n) is 11.7. The fraction of sp³-hybridized carbons (Fsp3) is 0.423. The van der Waals surface area contributed by atoms with Crippen LogP contribution in [0.25, 0.3) is 11.1 Å². The Morgan fingerprint density at radius 2 is 1.74 bits per heavy atom. The van der Waals surface area contributed by atoms with Gasteiger partial charge in [0, 0.05) is 12.5 Å². The fourth-order valence-corrected chi connectivity index (χ4v) is 4.93. The number of benzene rings is 2. The lowest BCUT2D eigenvalue weighted by Gasteiger charge is -2.38. The fourth-order valence-electron chi connectivity index (χ4n) is 4.93. The van der Waals surface area contributed by atoms with Crippen LogP contribution in [0, 0.1) is 0 Å². The normalized spacial score (nSPS) is 20.2. The summed E-state index contributed by atoms with van der Waals surface area (Å²) in [7, 11) is 0. The van der Waals surface area contributed by atoms with Crippen molar-refractivity contribution in [3.63, 3.8) is 0 Å². The molecule has 0 spiro atoms. The molecule has 2 amide bonds. The van der Waals surface area contributed by atoms with Crippen molar-refractivity contribution < 1.29 is 29.0 Å². The maximum atomic E-state index is 13.2. The van der Waals surface area contributed by atoms with E-state index in [1.54, 1.807) is 6.92 Å². The van der Waals surface area contributed by atoms with Gasteiger partial charge in [0.15, 0.2) is 6.04 Å². The number of hydrogen-bond donors (Lipinski definition) is 2. The minimum atomic E-state index is -1.13. The van der Waals surface area contributed by atoms with Gasteiger partial charge in [0.05, 0.1) is 12.7 Å². The van der Waals surface area contributed by atoms with Gasteiger partial charge in [0.2, 0.25) is 5.91 Å². The van der Waals surface area contributed by atoms with Gasteiger partial charge in [-0.25, -0.2) is 9.59 Å². The molecule has 8 heteroatoms. The van der Waals surface area contributed by atoms with Crippen molar-refractivity contribution in [2.24, 2.45) is 0 Å². The Hall–Kier alpha value is -3.39. The zero-order valence-electron chi connectivity index (χ0n) is 19.4. The number of rotatable bonds is 7. The average molecular weight is 467 g/mol. The molecule has 180 valence electrons. The van der Waals surface area contributed by atoms with Gasteiger partial charge in [-0.1, -0.05) is 61.9 Å². The van der Waals surface area contributed by atoms with Gasteiger partial charge < -0.3 is 24.8 Å². The Bertz CT molecular complexity index is 1030. The standard InChI is InChI=1S/C26H30N2O6/c1-3-8-22(24(29)28-13-14-33-16(2)23(28)25(30)31)27-26(32)34-15-21-19-11-6-4-9-17(19)18-10-5-7-12-20(18)21/h4-7,9-12,16,21-23H,3,8,13-15H2,1-2H3,(H,27,32)(H,30,31). The molecule has 1 fully saturated rings. The molecule has 1 aliphatic heterocycles. The number of hydrogen-bond acceptors (Lipinski definition) is 5. The number of nitrogens with one attached hydrogen (secondary N) is 1. The van der Waals surface area contributed by atoms with E-state index in [0.717, 1.165) is 22.3 Å². The van der Waals surface area contributed by atoms with E-state index in [4.69, 9.17) is 9.47 Å². The Kier molecular flexibility index (Phi) is 7.17. The lowest BCUT2D eigenvalue weighted by molar-refractivity contribution is -0.165. The minimum absolute atomic E-state index is 0.0880. The van der Waals surface area contributed by atoms with Gasteiger partial charge in [-0.2, -0.15) is 0 Å². The number of carbonyl (C=O) groups excluding carboxylic acids is 2. The zero-order valence-corrected chi connectivity index (χ0v) is 19.4. The summed E-state index contributed by atoms with van der Waals surface area (Å²) in [6.07, 6.45) is -0.313. The van der Waals surface area contributed by atoms with Crippen LogP contribution in [0.1, 0.15) is 43.7 Å². The molecule has 8 nitrogen and oxygen atoms in total. The summed E-state index contributed by atoms with van der Waals surface area (Å²) in [5.74, 6) is -1.65. The molecule has 1 saturated heterocycles. The number of ether oxygens (including phenoxy) is 2. The number of amides is 2. The third kappa shape index (κ3) is 4.63. The Morgan fingerprint density at radius 1 is 1.12 bits per heavy atom. The molecule has 34 heavy (non-hydrogen) atoms. The highest BCUT2D eigenvalue weighted by atomic mass is 16.5. The molecule has 0 radical (unpaired) electrons. The smallest absolute Gasteiger partial charge is 0.407 e. The lowest BCUT2D eigenvalue weighted by atomic mass is 9.98. The van der Waals surface area contributed by atoms with E-state index in [2.05, 4.69) is 17.4 Å². The van der Waals surface area contributed by atoms with E-state index in [0.29, 0.717) is 12.8 Å². The van der Waals surface area contributed by atoms with Crippen LogP contribution in [0.15, 0.2) is 48.5 Å². The quantitative estimate of drug-likeness (QED) is 0.648. The highest BCUT2D eigenvalue weighted by Gasteiger charge is 2.40. The number of alkyl carbamates (subject to hydrolysis) is 1. The third-order valence-corrected chi connectivity index (χ3v) is 6.54. The van der Waals surface area contributed by atoms with Gasteiger partial charge in [-0.05, 0) is 35.6 Å². The molecule has 2 aliphatic rings. The van der Waals surface area contributed by atoms with Crippen LogP contribution < -0.4 is 5.32 Å². The van der Waals surface area contributed by atoms with Crippen LogP contribution in [0.2, 0.25) is 0 Å². The van der Waals surface area contributed by atoms with E-state index in [9.17, 15) is 19.5 Å². The molecule has 1 aliphatic carbocycles. The number of aliphatic carboxylic acids is 1. The summed E-state index contributed by atoms with van der Waals surface area (Å²) >= 11 is 0. The number of nitrogens with zero attached hydrogens (tertiary/aromatic N) is 1. The van der Waals surface area contributed by atoms with Crippen molar-refractivity contribution in [3.8, 4) is 11.1 Å². The first-order chi connectivity index (χ1) is 16.4. The number of carboxylic acid groups (broad SMARTS) is 1. The molecule has 0 saturated carbocycles. The van der Waals surface area contributed by atoms with E-state index in [-0.39, 0.29) is 25.7 Å². The summed E-state index contributed by atoms with van der Waals surface area (Å²) in [6, 6.07) is 14.2. The predicted octanol–water partition coefficient (Wildman–Crippen LogP) is 3.39. The third-order valence-electron chi connectivity index (χ3n) is 6.54. The summed E-state index contributed by atoms with van der Waals surface area (Å²) in [5.41, 5.74) is 4.47. The summed E-state index contributed by atoms with van der Waals surface area (Å²) in [5, 5.41) is 12.3. The first kappa shape index (κ1) is 23.8. The van der Waals surface area contributed by atoms with Crippen molar-refractivity contribution >= 4 is 18.0 Å². The van der Waals surface area contributed by atoms with Crippen LogP contribution in [0.3, 0.4) is 0 Å². The molecule has 3 atom stereocenters. The van der Waals surface area contributed by atoms with Gasteiger partial charge in [-0.3, -0.25) is 4.79 Å². The van der Waals surface area contributed by atoms with Crippen molar-refractivity contribution in [1.82, 2.24) is 10.2 Å². The van der Waals surface area contributed by atoms with Gasteiger partial charge in [-0.15, -0.1) is 0 Å². The van der Waals surface area contributed by atoms with Gasteiger partial charge in [0.25, 0.3) is 0 Å². The number of fused-ring (bicyclic) bond motifs is 3. The highest BCUT2D eigenvalue weighted by Crippen LogP contribution is 2.44. The SMILES string of the molecule is CCCC(NC(=O)OCC1c2ccccc2-c2ccccc21)C(=O)N1CCOC(C)C1C(=O)O.